The molecule has 5 rings (SSSR count). The maximum absolute atomic E-state index is 13.8. The summed E-state index contributed by atoms with van der Waals surface area (Å²) in [6, 6.07) is 5.07. The molecule has 0 amide bonds. The minimum atomic E-state index is -4.34. The molecular weight excluding hydrogens is 450 g/mol. The first-order valence-corrected chi connectivity index (χ1v) is 11.7. The Balaban J connectivity index is 1.29. The molecule has 7 nitrogen and oxygen atoms in total. The topological polar surface area (TPSA) is 102 Å². The van der Waals surface area contributed by atoms with E-state index in [0.29, 0.717) is 11.8 Å². The minimum absolute atomic E-state index is 0.110. The van der Waals surface area contributed by atoms with Crippen LogP contribution in [0.1, 0.15) is 66.7 Å². The number of benzene rings is 1. The molecule has 0 aliphatic heterocycles. The van der Waals surface area contributed by atoms with Crippen LogP contribution in [0.25, 0.3) is 0 Å². The van der Waals surface area contributed by atoms with Crippen molar-refractivity contribution in [1.29, 1.82) is 0 Å². The molecule has 4 bridgehead atoms. The van der Waals surface area contributed by atoms with Crippen molar-refractivity contribution in [3.8, 4) is 0 Å². The van der Waals surface area contributed by atoms with Crippen LogP contribution in [-0.4, -0.2) is 42.8 Å². The van der Waals surface area contributed by atoms with E-state index in [9.17, 15) is 28.3 Å². The molecule has 1 aromatic rings. The maximum atomic E-state index is 13.8. The highest BCUT2D eigenvalue weighted by atomic mass is 19.3. The number of halogens is 2. The van der Waals surface area contributed by atoms with Crippen molar-refractivity contribution in [3.63, 3.8) is 0 Å². The predicted octanol–water partition coefficient (Wildman–Crippen LogP) is 3.21. The van der Waals surface area contributed by atoms with Crippen molar-refractivity contribution in [2.24, 2.45) is 29.6 Å². The predicted molar refractivity (Wildman–Crippen MR) is 113 cm³/mol. The van der Waals surface area contributed by atoms with Crippen LogP contribution in [-0.2, 0) is 19.0 Å². The van der Waals surface area contributed by atoms with Gasteiger partial charge in [-0.1, -0.05) is 13.8 Å². The third-order valence-corrected chi connectivity index (χ3v) is 7.42. The molecule has 0 spiro atoms. The molecule has 0 radical (unpaired) electrons. The summed E-state index contributed by atoms with van der Waals surface area (Å²) in [5, 5.41) is 10.8. The zero-order valence-electron chi connectivity index (χ0n) is 19.2. The molecule has 0 aromatic heterocycles. The van der Waals surface area contributed by atoms with Crippen molar-refractivity contribution < 1.29 is 42.5 Å². The van der Waals surface area contributed by atoms with Gasteiger partial charge in [-0.05, 0) is 86.0 Å². The highest BCUT2D eigenvalue weighted by molar-refractivity contribution is 5.93. The standard InChI is InChI=1S/C25H30F2O7/c1-13(2)21(25(26,27)24(30)31)34-23(29)17-5-3-16(4-6-17)22(28)33-12-32-20-18-8-14-7-15(10-18)11-19(20)9-14/h3-6,13-15,18-21H,7-12H2,1-2H3,(H,30,31)/p-1. The van der Waals surface area contributed by atoms with Gasteiger partial charge in [-0.2, -0.15) is 8.78 Å². The van der Waals surface area contributed by atoms with Crippen LogP contribution in [0, 0.1) is 29.6 Å². The summed E-state index contributed by atoms with van der Waals surface area (Å²) < 4.78 is 43.6. The van der Waals surface area contributed by atoms with Gasteiger partial charge in [-0.25, -0.2) is 9.59 Å². The molecule has 4 fully saturated rings. The van der Waals surface area contributed by atoms with Crippen molar-refractivity contribution in [2.45, 2.75) is 64.1 Å². The van der Waals surface area contributed by atoms with Crippen LogP contribution in [0.15, 0.2) is 24.3 Å². The Kier molecular flexibility index (Phi) is 6.94. The highest BCUT2D eigenvalue weighted by Gasteiger charge is 2.49. The normalized spacial score (nSPS) is 28.6. The zero-order chi connectivity index (χ0) is 24.6. The van der Waals surface area contributed by atoms with E-state index < -0.39 is 35.9 Å². The second-order valence-corrected chi connectivity index (χ2v) is 10.2. The third-order valence-electron chi connectivity index (χ3n) is 7.42. The van der Waals surface area contributed by atoms with Crippen LogP contribution >= 0.6 is 0 Å². The first-order valence-electron chi connectivity index (χ1n) is 11.7. The summed E-state index contributed by atoms with van der Waals surface area (Å²) in [6.45, 7) is 2.46. The summed E-state index contributed by atoms with van der Waals surface area (Å²) in [4.78, 5) is 35.4. The van der Waals surface area contributed by atoms with Crippen molar-refractivity contribution >= 4 is 17.9 Å². The number of carbonyl (C=O) groups is 3. The van der Waals surface area contributed by atoms with E-state index in [-0.39, 0.29) is 24.0 Å². The van der Waals surface area contributed by atoms with Gasteiger partial charge in [0.15, 0.2) is 12.9 Å². The molecule has 186 valence electrons. The van der Waals surface area contributed by atoms with Crippen LogP contribution in [0.4, 0.5) is 8.78 Å². The van der Waals surface area contributed by atoms with Crippen molar-refractivity contribution in [2.75, 3.05) is 6.79 Å². The third kappa shape index (κ3) is 4.94. The number of esters is 2. The Hall–Kier alpha value is -2.55. The van der Waals surface area contributed by atoms with E-state index in [2.05, 4.69) is 0 Å². The summed E-state index contributed by atoms with van der Waals surface area (Å²) in [7, 11) is 0. The summed E-state index contributed by atoms with van der Waals surface area (Å²) >= 11 is 0. The molecule has 4 saturated carbocycles. The first kappa shape index (κ1) is 24.6. The Morgan fingerprint density at radius 3 is 1.91 bits per heavy atom. The smallest absolute Gasteiger partial charge is 0.340 e. The van der Waals surface area contributed by atoms with Gasteiger partial charge in [0.2, 0.25) is 0 Å². The fourth-order valence-electron chi connectivity index (χ4n) is 6.07. The largest absolute Gasteiger partial charge is 0.544 e. The van der Waals surface area contributed by atoms with Crippen molar-refractivity contribution in [1.82, 2.24) is 0 Å². The highest BCUT2D eigenvalue weighted by Crippen LogP contribution is 2.54. The molecule has 4 aliphatic rings. The average molecular weight is 479 g/mol. The van der Waals surface area contributed by atoms with Gasteiger partial charge in [-0.3, -0.25) is 0 Å². The Morgan fingerprint density at radius 1 is 0.941 bits per heavy atom. The van der Waals surface area contributed by atoms with Gasteiger partial charge < -0.3 is 24.1 Å². The van der Waals surface area contributed by atoms with Gasteiger partial charge in [0.1, 0.15) is 5.97 Å². The lowest BCUT2D eigenvalue weighted by atomic mass is 9.55. The summed E-state index contributed by atoms with van der Waals surface area (Å²) in [5.41, 5.74) is 0.0481. The quantitative estimate of drug-likeness (QED) is 0.396. The molecule has 0 saturated heterocycles. The molecule has 1 aromatic carbocycles. The van der Waals surface area contributed by atoms with E-state index >= 15 is 0 Å². The number of ether oxygens (including phenoxy) is 3. The van der Waals surface area contributed by atoms with Gasteiger partial charge in [-0.15, -0.1) is 0 Å². The van der Waals surface area contributed by atoms with Gasteiger partial charge in [0.05, 0.1) is 17.2 Å². The SMILES string of the molecule is CC(C)C(OC(=O)c1ccc(C(=O)OCOC2C3CC4CC(C3)CC2C4)cc1)C(F)(F)C(=O)[O-]. The molecule has 1 atom stereocenters. The van der Waals surface area contributed by atoms with Crippen LogP contribution in [0.5, 0.6) is 0 Å². The number of carbonyl (C=O) groups excluding carboxylic acids is 3. The van der Waals surface area contributed by atoms with E-state index in [4.69, 9.17) is 14.2 Å². The second kappa shape index (κ2) is 9.60. The summed E-state index contributed by atoms with van der Waals surface area (Å²) in [5.74, 6) is -6.98. The molecule has 0 heterocycles. The fourth-order valence-corrected chi connectivity index (χ4v) is 6.07. The average Bonchev–Trinajstić information content (AvgIpc) is 2.78. The fraction of sp³-hybridized carbons (Fsp3) is 0.640. The van der Waals surface area contributed by atoms with E-state index in [0.717, 1.165) is 11.8 Å². The molecule has 34 heavy (non-hydrogen) atoms. The van der Waals surface area contributed by atoms with E-state index in [1.807, 2.05) is 0 Å². The van der Waals surface area contributed by atoms with Crippen molar-refractivity contribution in [3.05, 3.63) is 35.4 Å². The van der Waals surface area contributed by atoms with E-state index in [1.54, 1.807) is 0 Å². The number of hydrogen-bond acceptors (Lipinski definition) is 7. The number of aliphatic carboxylic acids is 1. The number of carboxylic acids is 1. The lowest BCUT2D eigenvalue weighted by Crippen LogP contribution is -2.53. The lowest BCUT2D eigenvalue weighted by Gasteiger charge is -2.53. The van der Waals surface area contributed by atoms with Gasteiger partial charge >= 0.3 is 17.9 Å². The minimum Gasteiger partial charge on any atom is -0.544 e. The number of alkyl halides is 2. The number of rotatable bonds is 9. The van der Waals surface area contributed by atoms with Crippen LogP contribution in [0.2, 0.25) is 0 Å². The Bertz CT molecular complexity index is 900. The maximum Gasteiger partial charge on any atom is 0.340 e. The molecule has 9 heteroatoms. The van der Waals surface area contributed by atoms with Gasteiger partial charge in [0, 0.05) is 0 Å². The number of carboxylic acid groups (broad SMARTS) is 1. The van der Waals surface area contributed by atoms with Gasteiger partial charge in [0.25, 0.3) is 0 Å². The first-order chi connectivity index (χ1) is 16.1. The zero-order valence-corrected chi connectivity index (χ0v) is 19.2. The Labute approximate surface area is 196 Å². The second-order valence-electron chi connectivity index (χ2n) is 10.2. The summed E-state index contributed by atoms with van der Waals surface area (Å²) in [6.07, 6.45) is 4.04. The Morgan fingerprint density at radius 2 is 1.44 bits per heavy atom. The molecular formula is C25H29F2O7-. The lowest BCUT2D eigenvalue weighted by molar-refractivity contribution is -0.337. The molecule has 0 N–H and O–H groups in total. The number of hydrogen-bond donors (Lipinski definition) is 0. The van der Waals surface area contributed by atoms with Crippen LogP contribution < -0.4 is 5.11 Å². The van der Waals surface area contributed by atoms with Crippen LogP contribution in [0.3, 0.4) is 0 Å². The monoisotopic (exact) mass is 479 g/mol. The molecule has 4 aliphatic carbocycles. The van der Waals surface area contributed by atoms with E-state index in [1.165, 1.54) is 70.2 Å². The molecule has 1 unspecified atom stereocenters.